The quantitative estimate of drug-likeness (QED) is 0.907. The molecule has 2 rings (SSSR count). The molecule has 0 aliphatic carbocycles. The average Bonchev–Trinajstić information content (AvgIpc) is 2.50. The molecule has 23 heavy (non-hydrogen) atoms. The first-order valence-corrected chi connectivity index (χ1v) is 8.98. The number of alkyl carbamates (subject to hydrolysis) is 1. The lowest BCUT2D eigenvalue weighted by molar-refractivity contribution is 0.142. The van der Waals surface area contributed by atoms with Crippen LogP contribution in [0.25, 0.3) is 0 Å². The van der Waals surface area contributed by atoms with Crippen molar-refractivity contribution in [1.82, 2.24) is 9.62 Å². The van der Waals surface area contributed by atoms with E-state index in [2.05, 4.69) is 5.32 Å². The molecule has 1 aliphatic heterocycles. The maximum atomic E-state index is 13.7. The van der Waals surface area contributed by atoms with Gasteiger partial charge in [0.1, 0.15) is 5.82 Å². The molecule has 1 aromatic carbocycles. The van der Waals surface area contributed by atoms with Crippen LogP contribution < -0.4 is 5.32 Å². The van der Waals surface area contributed by atoms with Crippen LogP contribution >= 0.6 is 0 Å². The number of amides is 1. The largest absolute Gasteiger partial charge is 0.450 e. The SMILES string of the molecule is CCOC(=O)N[C@H]1CCCN(S(=O)(=O)c2ccc(C)c(F)c2)C1. The molecule has 0 spiro atoms. The smallest absolute Gasteiger partial charge is 0.407 e. The first kappa shape index (κ1) is 17.7. The number of aryl methyl sites for hydroxylation is 1. The van der Waals surface area contributed by atoms with Crippen molar-refractivity contribution in [3.63, 3.8) is 0 Å². The van der Waals surface area contributed by atoms with E-state index < -0.39 is 21.9 Å². The topological polar surface area (TPSA) is 75.7 Å². The van der Waals surface area contributed by atoms with E-state index in [1.54, 1.807) is 13.8 Å². The molecular formula is C15H21FN2O4S. The minimum Gasteiger partial charge on any atom is -0.450 e. The van der Waals surface area contributed by atoms with E-state index in [0.29, 0.717) is 24.9 Å². The molecule has 1 heterocycles. The van der Waals surface area contributed by atoms with Crippen molar-refractivity contribution in [3.05, 3.63) is 29.6 Å². The molecule has 1 aromatic rings. The molecule has 1 N–H and O–H groups in total. The highest BCUT2D eigenvalue weighted by Gasteiger charge is 2.31. The van der Waals surface area contributed by atoms with Crippen molar-refractivity contribution in [2.75, 3.05) is 19.7 Å². The van der Waals surface area contributed by atoms with Crippen LogP contribution in [0.5, 0.6) is 0 Å². The van der Waals surface area contributed by atoms with Gasteiger partial charge in [0.15, 0.2) is 0 Å². The Morgan fingerprint density at radius 2 is 2.22 bits per heavy atom. The van der Waals surface area contributed by atoms with Crippen molar-refractivity contribution in [2.45, 2.75) is 37.6 Å². The van der Waals surface area contributed by atoms with Crippen LogP contribution in [0.2, 0.25) is 0 Å². The van der Waals surface area contributed by atoms with Crippen LogP contribution in [0.4, 0.5) is 9.18 Å². The molecule has 128 valence electrons. The number of halogens is 1. The van der Waals surface area contributed by atoms with Gasteiger partial charge < -0.3 is 10.1 Å². The number of hydrogen-bond acceptors (Lipinski definition) is 4. The van der Waals surface area contributed by atoms with Crippen molar-refractivity contribution in [2.24, 2.45) is 0 Å². The zero-order valence-electron chi connectivity index (χ0n) is 13.2. The van der Waals surface area contributed by atoms with Crippen LogP contribution in [0, 0.1) is 12.7 Å². The highest BCUT2D eigenvalue weighted by Crippen LogP contribution is 2.22. The number of rotatable bonds is 4. The molecule has 1 amide bonds. The van der Waals surface area contributed by atoms with Gasteiger partial charge in [-0.25, -0.2) is 17.6 Å². The van der Waals surface area contributed by atoms with Gasteiger partial charge in [0.2, 0.25) is 10.0 Å². The van der Waals surface area contributed by atoms with Crippen molar-refractivity contribution in [3.8, 4) is 0 Å². The minimum atomic E-state index is -3.78. The van der Waals surface area contributed by atoms with Gasteiger partial charge in [-0.1, -0.05) is 6.07 Å². The Labute approximate surface area is 135 Å². The van der Waals surface area contributed by atoms with Gasteiger partial charge in [-0.15, -0.1) is 0 Å². The maximum Gasteiger partial charge on any atom is 0.407 e. The molecule has 0 aromatic heterocycles. The third-order valence-electron chi connectivity index (χ3n) is 3.76. The summed E-state index contributed by atoms with van der Waals surface area (Å²) in [5.41, 5.74) is 0.393. The third-order valence-corrected chi connectivity index (χ3v) is 5.62. The minimum absolute atomic E-state index is 0.0719. The van der Waals surface area contributed by atoms with E-state index >= 15 is 0 Å². The van der Waals surface area contributed by atoms with Crippen LogP contribution in [0.1, 0.15) is 25.3 Å². The Hall–Kier alpha value is -1.67. The van der Waals surface area contributed by atoms with Crippen molar-refractivity contribution in [1.29, 1.82) is 0 Å². The van der Waals surface area contributed by atoms with E-state index in [4.69, 9.17) is 4.74 Å². The second kappa shape index (κ2) is 7.27. The molecule has 0 bridgehead atoms. The lowest BCUT2D eigenvalue weighted by atomic mass is 10.1. The monoisotopic (exact) mass is 344 g/mol. The second-order valence-corrected chi connectivity index (χ2v) is 7.42. The van der Waals surface area contributed by atoms with Gasteiger partial charge >= 0.3 is 6.09 Å². The molecule has 8 heteroatoms. The highest BCUT2D eigenvalue weighted by atomic mass is 32.2. The Balaban J connectivity index is 2.12. The second-order valence-electron chi connectivity index (χ2n) is 5.48. The lowest BCUT2D eigenvalue weighted by Gasteiger charge is -2.32. The summed E-state index contributed by atoms with van der Waals surface area (Å²) in [6, 6.07) is 3.57. The number of nitrogens with one attached hydrogen (secondary N) is 1. The van der Waals surface area contributed by atoms with Gasteiger partial charge in [-0.3, -0.25) is 0 Å². The molecule has 1 aliphatic rings. The van der Waals surface area contributed by atoms with Gasteiger partial charge in [0.25, 0.3) is 0 Å². The zero-order chi connectivity index (χ0) is 17.0. The normalized spacial score (nSPS) is 19.3. The standard InChI is InChI=1S/C15H21FN2O4S/c1-3-22-15(19)17-12-5-4-8-18(10-12)23(20,21)13-7-6-11(2)14(16)9-13/h6-7,9,12H,3-5,8,10H2,1-2H3,(H,17,19)/t12-/m0/s1. The van der Waals surface area contributed by atoms with Gasteiger partial charge in [0.05, 0.1) is 11.5 Å². The Kier molecular flexibility index (Phi) is 5.59. The van der Waals surface area contributed by atoms with Crippen molar-refractivity contribution < 1.29 is 22.3 Å². The predicted molar refractivity (Wildman–Crippen MR) is 83.1 cm³/mol. The molecular weight excluding hydrogens is 323 g/mol. The number of benzene rings is 1. The number of nitrogens with zero attached hydrogens (tertiary/aromatic N) is 1. The molecule has 1 atom stereocenters. The fraction of sp³-hybridized carbons (Fsp3) is 0.533. The Morgan fingerprint density at radius 3 is 2.87 bits per heavy atom. The van der Waals surface area contributed by atoms with E-state index in [-0.39, 0.29) is 24.1 Å². The molecule has 0 saturated carbocycles. The molecule has 0 radical (unpaired) electrons. The zero-order valence-corrected chi connectivity index (χ0v) is 14.0. The number of sulfonamides is 1. The summed E-state index contributed by atoms with van der Waals surface area (Å²) < 4.78 is 45.0. The predicted octanol–water partition coefficient (Wildman–Crippen LogP) is 2.03. The summed E-state index contributed by atoms with van der Waals surface area (Å²) in [4.78, 5) is 11.4. The maximum absolute atomic E-state index is 13.7. The summed E-state index contributed by atoms with van der Waals surface area (Å²) in [6.07, 6.45) is 0.732. The molecule has 6 nitrogen and oxygen atoms in total. The first-order valence-electron chi connectivity index (χ1n) is 7.54. The summed E-state index contributed by atoms with van der Waals surface area (Å²) >= 11 is 0. The number of carbonyl (C=O) groups excluding carboxylic acids is 1. The number of piperidine rings is 1. The Morgan fingerprint density at radius 1 is 1.48 bits per heavy atom. The van der Waals surface area contributed by atoms with E-state index in [1.807, 2.05) is 0 Å². The van der Waals surface area contributed by atoms with Crippen molar-refractivity contribution >= 4 is 16.1 Å². The average molecular weight is 344 g/mol. The van der Waals surface area contributed by atoms with E-state index in [9.17, 15) is 17.6 Å². The summed E-state index contributed by atoms with van der Waals surface area (Å²) in [5, 5.41) is 2.65. The van der Waals surface area contributed by atoms with Gasteiger partial charge in [-0.05, 0) is 44.4 Å². The van der Waals surface area contributed by atoms with Crippen LogP contribution in [-0.4, -0.2) is 44.6 Å². The van der Waals surface area contributed by atoms with Gasteiger partial charge in [0, 0.05) is 19.1 Å². The number of carbonyl (C=O) groups is 1. The first-order chi connectivity index (χ1) is 10.8. The third kappa shape index (κ3) is 4.20. The lowest BCUT2D eigenvalue weighted by Crippen LogP contribution is -2.49. The van der Waals surface area contributed by atoms with Crippen LogP contribution in [-0.2, 0) is 14.8 Å². The summed E-state index contributed by atoms with van der Waals surface area (Å²) in [6.45, 7) is 4.02. The summed E-state index contributed by atoms with van der Waals surface area (Å²) in [7, 11) is -3.78. The van der Waals surface area contributed by atoms with Crippen LogP contribution in [0.3, 0.4) is 0 Å². The fourth-order valence-electron chi connectivity index (χ4n) is 2.50. The van der Waals surface area contributed by atoms with E-state index in [0.717, 1.165) is 6.07 Å². The molecule has 0 unspecified atom stereocenters. The van der Waals surface area contributed by atoms with E-state index in [1.165, 1.54) is 16.4 Å². The summed E-state index contributed by atoms with van der Waals surface area (Å²) in [5.74, 6) is -0.552. The Bertz CT molecular complexity index is 678. The number of hydrogen-bond donors (Lipinski definition) is 1. The highest BCUT2D eigenvalue weighted by molar-refractivity contribution is 7.89. The molecule has 1 fully saturated rings. The fourth-order valence-corrected chi connectivity index (χ4v) is 4.04. The van der Waals surface area contributed by atoms with Gasteiger partial charge in [-0.2, -0.15) is 4.31 Å². The molecule has 1 saturated heterocycles. The number of ether oxygens (including phenoxy) is 1. The van der Waals surface area contributed by atoms with Crippen LogP contribution in [0.15, 0.2) is 23.1 Å².